The Morgan fingerprint density at radius 3 is 2.62 bits per heavy atom. The zero-order valence-corrected chi connectivity index (χ0v) is 10.2. The molecule has 16 heavy (non-hydrogen) atoms. The van der Waals surface area contributed by atoms with E-state index in [0.29, 0.717) is 0 Å². The number of rotatable bonds is 1. The lowest BCUT2D eigenvalue weighted by Gasteiger charge is -1.98. The molecular formula is C14H13NS. The van der Waals surface area contributed by atoms with Gasteiger partial charge in [-0.3, -0.25) is 0 Å². The van der Waals surface area contributed by atoms with Crippen LogP contribution >= 0.6 is 11.3 Å². The normalized spacial score (nSPS) is 11.1. The molecule has 0 saturated heterocycles. The van der Waals surface area contributed by atoms with E-state index in [1.165, 1.54) is 33.3 Å². The van der Waals surface area contributed by atoms with Gasteiger partial charge in [-0.05, 0) is 54.6 Å². The Kier molecular flexibility index (Phi) is 2.11. The zero-order chi connectivity index (χ0) is 11.1. The largest absolute Gasteiger partial charge is 0.354 e. The summed E-state index contributed by atoms with van der Waals surface area (Å²) >= 11 is 1.73. The number of fused-ring (bicyclic) bond motifs is 1. The van der Waals surface area contributed by atoms with Crippen LogP contribution < -0.4 is 0 Å². The summed E-state index contributed by atoms with van der Waals surface area (Å²) < 4.78 is 0. The number of aryl methyl sites for hydroxylation is 2. The maximum Gasteiger partial charge on any atom is 0.0473 e. The number of benzene rings is 1. The topological polar surface area (TPSA) is 15.8 Å². The maximum atomic E-state index is 3.47. The monoisotopic (exact) mass is 227 g/mol. The lowest BCUT2D eigenvalue weighted by atomic mass is 10.1. The summed E-state index contributed by atoms with van der Waals surface area (Å²) in [6.07, 6.45) is 0. The predicted molar refractivity (Wildman–Crippen MR) is 71.1 cm³/mol. The van der Waals surface area contributed by atoms with Crippen molar-refractivity contribution in [2.24, 2.45) is 0 Å². The molecule has 2 heterocycles. The summed E-state index contributed by atoms with van der Waals surface area (Å²) in [6, 6.07) is 8.84. The van der Waals surface area contributed by atoms with Crippen LogP contribution in [0.1, 0.15) is 11.1 Å². The molecule has 0 atom stereocenters. The van der Waals surface area contributed by atoms with Crippen molar-refractivity contribution < 1.29 is 0 Å². The van der Waals surface area contributed by atoms with E-state index in [9.17, 15) is 0 Å². The van der Waals surface area contributed by atoms with Crippen LogP contribution in [-0.2, 0) is 0 Å². The fourth-order valence-electron chi connectivity index (χ4n) is 1.98. The number of thiophene rings is 1. The Bertz CT molecular complexity index is 593. The molecule has 80 valence electrons. The highest BCUT2D eigenvalue weighted by Gasteiger charge is 2.04. The van der Waals surface area contributed by atoms with Gasteiger partial charge in [-0.15, -0.1) is 0 Å². The van der Waals surface area contributed by atoms with Gasteiger partial charge in [0.2, 0.25) is 0 Å². The van der Waals surface area contributed by atoms with Crippen LogP contribution in [0.4, 0.5) is 0 Å². The molecule has 0 amide bonds. The first-order chi connectivity index (χ1) is 7.74. The van der Waals surface area contributed by atoms with E-state index >= 15 is 0 Å². The molecule has 0 bridgehead atoms. The third-order valence-corrected chi connectivity index (χ3v) is 3.75. The Morgan fingerprint density at radius 1 is 1.06 bits per heavy atom. The molecule has 0 unspecified atom stereocenters. The van der Waals surface area contributed by atoms with Gasteiger partial charge < -0.3 is 4.98 Å². The lowest BCUT2D eigenvalue weighted by molar-refractivity contribution is 1.35. The minimum Gasteiger partial charge on any atom is -0.354 e. The van der Waals surface area contributed by atoms with Crippen LogP contribution in [-0.4, -0.2) is 4.98 Å². The predicted octanol–water partition coefficient (Wildman–Crippen LogP) is 4.51. The van der Waals surface area contributed by atoms with Gasteiger partial charge in [0.15, 0.2) is 0 Å². The number of H-pyrrole nitrogens is 1. The minimum atomic E-state index is 1.21. The summed E-state index contributed by atoms with van der Waals surface area (Å²) in [7, 11) is 0. The average molecular weight is 227 g/mol. The molecule has 2 aromatic heterocycles. The SMILES string of the molecule is Cc1cc2cc(-c3ccsc3)[nH]c2cc1C. The lowest BCUT2D eigenvalue weighted by Crippen LogP contribution is -1.79. The number of hydrogen-bond donors (Lipinski definition) is 1. The third kappa shape index (κ3) is 1.46. The smallest absolute Gasteiger partial charge is 0.0473 e. The van der Waals surface area contributed by atoms with Gasteiger partial charge in [0.1, 0.15) is 0 Å². The van der Waals surface area contributed by atoms with Crippen LogP contribution in [0.3, 0.4) is 0 Å². The van der Waals surface area contributed by atoms with Gasteiger partial charge in [-0.1, -0.05) is 0 Å². The molecular weight excluding hydrogens is 214 g/mol. The van der Waals surface area contributed by atoms with Gasteiger partial charge in [0.05, 0.1) is 0 Å². The number of hydrogen-bond acceptors (Lipinski definition) is 1. The van der Waals surface area contributed by atoms with Crippen LogP contribution in [0.5, 0.6) is 0 Å². The molecule has 3 aromatic rings. The summed E-state index contributed by atoms with van der Waals surface area (Å²) in [5, 5.41) is 5.58. The molecule has 3 rings (SSSR count). The number of aromatic nitrogens is 1. The Hall–Kier alpha value is -1.54. The third-order valence-electron chi connectivity index (χ3n) is 3.07. The van der Waals surface area contributed by atoms with E-state index in [2.05, 4.69) is 53.9 Å². The second kappa shape index (κ2) is 3.49. The molecule has 0 aliphatic rings. The second-order valence-electron chi connectivity index (χ2n) is 4.22. The zero-order valence-electron chi connectivity index (χ0n) is 9.37. The average Bonchev–Trinajstić information content (AvgIpc) is 2.86. The minimum absolute atomic E-state index is 1.21. The molecule has 0 saturated carbocycles. The summed E-state index contributed by atoms with van der Waals surface area (Å²) in [6.45, 7) is 4.31. The van der Waals surface area contributed by atoms with E-state index < -0.39 is 0 Å². The fourth-order valence-corrected chi connectivity index (χ4v) is 2.63. The molecule has 1 N–H and O–H groups in total. The van der Waals surface area contributed by atoms with Crippen LogP contribution in [0, 0.1) is 13.8 Å². The molecule has 0 aliphatic carbocycles. The summed E-state index contributed by atoms with van der Waals surface area (Å²) in [5.41, 5.74) is 6.40. The number of aromatic amines is 1. The van der Waals surface area contributed by atoms with Crippen LogP contribution in [0.15, 0.2) is 35.0 Å². The van der Waals surface area contributed by atoms with Gasteiger partial charge in [-0.2, -0.15) is 11.3 Å². The highest BCUT2D eigenvalue weighted by Crippen LogP contribution is 2.27. The maximum absolute atomic E-state index is 3.47. The van der Waals surface area contributed by atoms with E-state index in [1.807, 2.05) is 0 Å². The van der Waals surface area contributed by atoms with Crippen molar-refractivity contribution in [3.63, 3.8) is 0 Å². The molecule has 1 nitrogen and oxygen atoms in total. The highest BCUT2D eigenvalue weighted by atomic mass is 32.1. The van der Waals surface area contributed by atoms with Crippen LogP contribution in [0.2, 0.25) is 0 Å². The first kappa shape index (κ1) is 9.67. The molecule has 1 aromatic carbocycles. The van der Waals surface area contributed by atoms with E-state index in [1.54, 1.807) is 11.3 Å². The van der Waals surface area contributed by atoms with Crippen molar-refractivity contribution in [3.8, 4) is 11.3 Å². The molecule has 2 heteroatoms. The molecule has 0 radical (unpaired) electrons. The van der Waals surface area contributed by atoms with Gasteiger partial charge >= 0.3 is 0 Å². The van der Waals surface area contributed by atoms with Crippen molar-refractivity contribution in [1.29, 1.82) is 0 Å². The first-order valence-corrected chi connectivity index (χ1v) is 6.31. The van der Waals surface area contributed by atoms with Gasteiger partial charge in [-0.25, -0.2) is 0 Å². The van der Waals surface area contributed by atoms with E-state index in [-0.39, 0.29) is 0 Å². The van der Waals surface area contributed by atoms with Crippen molar-refractivity contribution >= 4 is 22.2 Å². The highest BCUT2D eigenvalue weighted by molar-refractivity contribution is 7.08. The van der Waals surface area contributed by atoms with Crippen molar-refractivity contribution in [3.05, 3.63) is 46.2 Å². The van der Waals surface area contributed by atoms with Gasteiger partial charge in [0.25, 0.3) is 0 Å². The summed E-state index contributed by atoms with van der Waals surface area (Å²) in [5.74, 6) is 0. The Balaban J connectivity index is 2.23. The fraction of sp³-hybridized carbons (Fsp3) is 0.143. The Morgan fingerprint density at radius 2 is 1.88 bits per heavy atom. The molecule has 0 spiro atoms. The van der Waals surface area contributed by atoms with Crippen molar-refractivity contribution in [1.82, 2.24) is 4.98 Å². The van der Waals surface area contributed by atoms with E-state index in [0.717, 1.165) is 0 Å². The quantitative estimate of drug-likeness (QED) is 0.629. The number of nitrogens with one attached hydrogen (secondary N) is 1. The summed E-state index contributed by atoms with van der Waals surface area (Å²) in [4.78, 5) is 3.47. The van der Waals surface area contributed by atoms with Crippen molar-refractivity contribution in [2.45, 2.75) is 13.8 Å². The second-order valence-corrected chi connectivity index (χ2v) is 5.00. The molecule has 0 fully saturated rings. The first-order valence-electron chi connectivity index (χ1n) is 5.36. The Labute approximate surface area is 98.7 Å². The van der Waals surface area contributed by atoms with Crippen molar-refractivity contribution in [2.75, 3.05) is 0 Å². The van der Waals surface area contributed by atoms with Gasteiger partial charge in [0, 0.05) is 27.5 Å². The molecule has 0 aliphatic heterocycles. The van der Waals surface area contributed by atoms with Crippen LogP contribution in [0.25, 0.3) is 22.2 Å². The standard InChI is InChI=1S/C14H13NS/c1-9-5-12-7-14(11-3-4-16-8-11)15-13(12)6-10(9)2/h3-8,15H,1-2H3. The van der Waals surface area contributed by atoms with E-state index in [4.69, 9.17) is 0 Å².